The van der Waals surface area contributed by atoms with Gasteiger partial charge in [0.05, 0.1) is 22.4 Å². The molecule has 1 aromatic heterocycles. The summed E-state index contributed by atoms with van der Waals surface area (Å²) in [4.78, 5) is 4.40. The molecule has 0 aliphatic rings. The van der Waals surface area contributed by atoms with Gasteiger partial charge in [-0.2, -0.15) is 0 Å². The average Bonchev–Trinajstić information content (AvgIpc) is 2.48. The zero-order valence-electron chi connectivity index (χ0n) is 11.4. The van der Waals surface area contributed by atoms with E-state index in [0.29, 0.717) is 10.6 Å². The first-order valence-electron chi connectivity index (χ1n) is 6.51. The maximum absolute atomic E-state index is 12.3. The highest BCUT2D eigenvalue weighted by Gasteiger charge is 2.20. The summed E-state index contributed by atoms with van der Waals surface area (Å²) in [7, 11) is -3.40. The van der Waals surface area contributed by atoms with Gasteiger partial charge in [0.15, 0.2) is 9.84 Å². The van der Waals surface area contributed by atoms with Crippen LogP contribution in [0.25, 0.3) is 0 Å². The summed E-state index contributed by atoms with van der Waals surface area (Å²) >= 11 is 0. The molecule has 0 fully saturated rings. The molecule has 0 saturated heterocycles. The molecule has 2 N–H and O–H groups in total. The average molecular weight is 290 g/mol. The Balaban J connectivity index is 2.18. The number of benzene rings is 1. The fourth-order valence-corrected chi connectivity index (χ4v) is 3.33. The molecule has 20 heavy (non-hydrogen) atoms. The summed E-state index contributed by atoms with van der Waals surface area (Å²) < 4.78 is 24.6. The minimum absolute atomic E-state index is 0.143. The maximum Gasteiger partial charge on any atom is 0.180 e. The highest BCUT2D eigenvalue weighted by Crippen LogP contribution is 2.17. The number of hydrogen-bond donors (Lipinski definition) is 1. The summed E-state index contributed by atoms with van der Waals surface area (Å²) in [5.41, 5.74) is 7.63. The second-order valence-electron chi connectivity index (χ2n) is 4.64. The smallest absolute Gasteiger partial charge is 0.180 e. The predicted molar refractivity (Wildman–Crippen MR) is 79.0 cm³/mol. The van der Waals surface area contributed by atoms with E-state index in [1.807, 2.05) is 19.1 Å². The molecule has 2 rings (SSSR count). The monoisotopic (exact) mass is 290 g/mol. The fraction of sp³-hybridized carbons (Fsp3) is 0.267. The van der Waals surface area contributed by atoms with Gasteiger partial charge in [-0.05, 0) is 36.2 Å². The molecule has 0 amide bonds. The highest BCUT2D eigenvalue weighted by atomic mass is 32.2. The Morgan fingerprint density at radius 3 is 2.40 bits per heavy atom. The Kier molecular flexibility index (Phi) is 4.52. The lowest BCUT2D eigenvalue weighted by Gasteiger charge is -2.12. The number of aryl methyl sites for hydroxylation is 1. The van der Waals surface area contributed by atoms with E-state index in [9.17, 15) is 8.42 Å². The van der Waals surface area contributed by atoms with Crippen molar-refractivity contribution in [2.75, 3.05) is 5.75 Å². The van der Waals surface area contributed by atoms with Crippen molar-refractivity contribution >= 4 is 9.84 Å². The molecule has 0 bridgehead atoms. The van der Waals surface area contributed by atoms with Crippen molar-refractivity contribution < 1.29 is 8.42 Å². The van der Waals surface area contributed by atoms with E-state index < -0.39 is 15.9 Å². The van der Waals surface area contributed by atoms with Gasteiger partial charge < -0.3 is 5.73 Å². The van der Waals surface area contributed by atoms with E-state index in [-0.39, 0.29) is 5.75 Å². The van der Waals surface area contributed by atoms with Crippen LogP contribution in [0.1, 0.15) is 24.2 Å². The lowest BCUT2D eigenvalue weighted by Crippen LogP contribution is -2.22. The Bertz CT molecular complexity index is 652. The second kappa shape index (κ2) is 6.15. The van der Waals surface area contributed by atoms with Crippen molar-refractivity contribution in [3.63, 3.8) is 0 Å². The van der Waals surface area contributed by atoms with E-state index in [1.165, 1.54) is 0 Å². The van der Waals surface area contributed by atoms with Crippen LogP contribution < -0.4 is 5.73 Å². The molecule has 0 aliphatic heterocycles. The Morgan fingerprint density at radius 2 is 1.85 bits per heavy atom. The molecular weight excluding hydrogens is 272 g/mol. The number of nitrogens with two attached hydrogens (primary N) is 1. The van der Waals surface area contributed by atoms with Gasteiger partial charge in [0.2, 0.25) is 0 Å². The van der Waals surface area contributed by atoms with Crippen LogP contribution in [-0.4, -0.2) is 19.2 Å². The Hall–Kier alpha value is -1.72. The lowest BCUT2D eigenvalue weighted by molar-refractivity contribution is 0.587. The van der Waals surface area contributed by atoms with Crippen molar-refractivity contribution in [1.29, 1.82) is 0 Å². The summed E-state index contributed by atoms with van der Waals surface area (Å²) in [6, 6.07) is 11.6. The van der Waals surface area contributed by atoms with Gasteiger partial charge in [-0.15, -0.1) is 0 Å². The lowest BCUT2D eigenvalue weighted by atomic mass is 10.2. The number of hydrogen-bond acceptors (Lipinski definition) is 4. The minimum atomic E-state index is -3.40. The standard InChI is InChI=1S/C15H18N2O2S/c1-2-12-6-8-13(9-7-12)20(18,19)11-14(16)15-5-3-4-10-17-15/h3-10,14H,2,11,16H2,1H3. The molecule has 0 saturated carbocycles. The minimum Gasteiger partial charge on any atom is -0.322 e. The van der Waals surface area contributed by atoms with Crippen molar-refractivity contribution in [2.45, 2.75) is 24.3 Å². The molecule has 1 aromatic carbocycles. The summed E-state index contributed by atoms with van der Waals surface area (Å²) in [5, 5.41) is 0. The zero-order chi connectivity index (χ0) is 14.6. The van der Waals surface area contributed by atoms with Crippen LogP contribution in [-0.2, 0) is 16.3 Å². The van der Waals surface area contributed by atoms with Crippen molar-refractivity contribution in [3.05, 3.63) is 59.9 Å². The topological polar surface area (TPSA) is 73.0 Å². The number of nitrogens with zero attached hydrogens (tertiary/aromatic N) is 1. The number of sulfone groups is 1. The molecule has 106 valence electrons. The zero-order valence-corrected chi connectivity index (χ0v) is 12.2. The molecule has 4 nitrogen and oxygen atoms in total. The van der Waals surface area contributed by atoms with E-state index in [0.717, 1.165) is 12.0 Å². The molecule has 2 aromatic rings. The highest BCUT2D eigenvalue weighted by molar-refractivity contribution is 7.91. The maximum atomic E-state index is 12.3. The molecular formula is C15H18N2O2S. The Morgan fingerprint density at radius 1 is 1.15 bits per heavy atom. The molecule has 1 unspecified atom stereocenters. The van der Waals surface area contributed by atoms with Crippen LogP contribution in [0.4, 0.5) is 0 Å². The third-order valence-corrected chi connectivity index (χ3v) is 4.95. The van der Waals surface area contributed by atoms with E-state index in [4.69, 9.17) is 5.73 Å². The molecule has 0 radical (unpaired) electrons. The summed E-state index contributed by atoms with van der Waals surface area (Å²) in [5.74, 6) is -0.143. The van der Waals surface area contributed by atoms with Crippen LogP contribution >= 0.6 is 0 Å². The summed E-state index contributed by atoms with van der Waals surface area (Å²) in [6.45, 7) is 2.03. The SMILES string of the molecule is CCc1ccc(S(=O)(=O)CC(N)c2ccccn2)cc1. The molecule has 1 atom stereocenters. The van der Waals surface area contributed by atoms with Crippen LogP contribution in [0.15, 0.2) is 53.6 Å². The molecule has 0 aliphatic carbocycles. The normalized spacial score (nSPS) is 13.1. The summed E-state index contributed by atoms with van der Waals surface area (Å²) in [6.07, 6.45) is 2.49. The van der Waals surface area contributed by atoms with Gasteiger partial charge in [-0.3, -0.25) is 4.98 Å². The largest absolute Gasteiger partial charge is 0.322 e. The van der Waals surface area contributed by atoms with E-state index in [1.54, 1.807) is 36.5 Å². The number of pyridine rings is 1. The Labute approximate surface area is 119 Å². The van der Waals surface area contributed by atoms with Crippen LogP contribution in [0.5, 0.6) is 0 Å². The van der Waals surface area contributed by atoms with E-state index >= 15 is 0 Å². The molecule has 0 spiro atoms. The van der Waals surface area contributed by atoms with Gasteiger partial charge >= 0.3 is 0 Å². The first-order chi connectivity index (χ1) is 9.53. The fourth-order valence-electron chi connectivity index (χ4n) is 1.95. The molecule has 1 heterocycles. The van der Waals surface area contributed by atoms with Crippen LogP contribution in [0.3, 0.4) is 0 Å². The first kappa shape index (κ1) is 14.7. The predicted octanol–water partition coefficient (Wildman–Crippen LogP) is 2.12. The number of rotatable bonds is 5. The van der Waals surface area contributed by atoms with Gasteiger partial charge in [-0.25, -0.2) is 8.42 Å². The van der Waals surface area contributed by atoms with Crippen LogP contribution in [0, 0.1) is 0 Å². The van der Waals surface area contributed by atoms with Crippen LogP contribution in [0.2, 0.25) is 0 Å². The van der Waals surface area contributed by atoms with Gasteiger partial charge in [0.25, 0.3) is 0 Å². The molecule has 5 heteroatoms. The van der Waals surface area contributed by atoms with Gasteiger partial charge in [-0.1, -0.05) is 25.1 Å². The van der Waals surface area contributed by atoms with Crippen molar-refractivity contribution in [2.24, 2.45) is 5.73 Å². The van der Waals surface area contributed by atoms with Crippen molar-refractivity contribution in [3.8, 4) is 0 Å². The number of aromatic nitrogens is 1. The van der Waals surface area contributed by atoms with E-state index in [2.05, 4.69) is 4.98 Å². The van der Waals surface area contributed by atoms with Gasteiger partial charge in [0.1, 0.15) is 0 Å². The van der Waals surface area contributed by atoms with Crippen molar-refractivity contribution in [1.82, 2.24) is 4.98 Å². The quantitative estimate of drug-likeness (QED) is 0.915. The third kappa shape index (κ3) is 3.43. The van der Waals surface area contributed by atoms with Gasteiger partial charge in [0, 0.05) is 6.20 Å². The third-order valence-electron chi connectivity index (χ3n) is 3.16. The second-order valence-corrected chi connectivity index (χ2v) is 6.67. The first-order valence-corrected chi connectivity index (χ1v) is 8.16.